The number of nitrogens with zero attached hydrogens (tertiary/aromatic N) is 4. The van der Waals surface area contributed by atoms with Crippen molar-refractivity contribution in [3.05, 3.63) is 88.9 Å². The van der Waals surface area contributed by atoms with Gasteiger partial charge in [-0.05, 0) is 97.7 Å². The van der Waals surface area contributed by atoms with Crippen LogP contribution in [0.1, 0.15) is 60.5 Å². The normalized spacial score (nSPS) is 27.8. The molecule has 2 bridgehead atoms. The highest BCUT2D eigenvalue weighted by Crippen LogP contribution is 2.42. The Morgan fingerprint density at radius 1 is 1.11 bits per heavy atom. The lowest BCUT2D eigenvalue weighted by Crippen LogP contribution is -2.43. The van der Waals surface area contributed by atoms with Gasteiger partial charge in [-0.3, -0.25) is 14.5 Å². The molecule has 1 aliphatic carbocycles. The van der Waals surface area contributed by atoms with Gasteiger partial charge in [-0.2, -0.15) is 0 Å². The van der Waals surface area contributed by atoms with Crippen LogP contribution in [0.2, 0.25) is 5.02 Å². The van der Waals surface area contributed by atoms with Gasteiger partial charge in [0, 0.05) is 43.2 Å². The SMILES string of the molecule is CO[C@H]1/C=C/C[C@H](C)C[S@@](=O)(Nc2cnccn2)=NC(=O)c2ccc3c(c2)N(Cc2ccc(Cl)cc2CCCCO3)C[C@@H]2CC[C@H]21. The molecule has 0 spiro atoms. The maximum absolute atomic E-state index is 14.4. The summed E-state index contributed by atoms with van der Waals surface area (Å²) in [4.78, 5) is 24.5. The van der Waals surface area contributed by atoms with Crippen LogP contribution in [-0.2, 0) is 27.6 Å². The first kappa shape index (κ1) is 32.5. The second-order valence-corrected chi connectivity index (χ2v) is 15.1. The number of aromatic nitrogens is 2. The fraction of sp³-hybridized carbons (Fsp3) is 0.457. The minimum atomic E-state index is -3.25. The first-order chi connectivity index (χ1) is 22.3. The third kappa shape index (κ3) is 7.73. The Balaban J connectivity index is 1.47. The number of anilines is 2. The molecule has 1 N–H and O–H groups in total. The molecule has 1 amide bonds. The van der Waals surface area contributed by atoms with Crippen LogP contribution in [0, 0.1) is 17.8 Å². The number of nitrogens with one attached hydrogen (secondary N) is 1. The van der Waals surface area contributed by atoms with Crippen LogP contribution in [0.15, 0.2) is 71.5 Å². The molecule has 0 unspecified atom stereocenters. The molecule has 2 aromatic carbocycles. The number of ether oxygens (including phenoxy) is 2. The standard InChI is InChI=1S/C35H42ClN5O4S/c1-24-6-5-8-32(44-2)30-13-10-28(30)22-41-21-27-9-12-29(36)18-25(27)7-3-4-17-45-33-14-11-26(19-31(33)41)35(42)40-46(43,23-24)39-34-20-37-15-16-38-34/h5,8-9,11-12,14-16,18-20,24,28,30,32H,3-4,6-7,10,13,17,21-23H2,1-2H3,(H,38,39,40,42,43)/b8-5+/t24-,28-,30+,32-,46+/m0/s1. The van der Waals surface area contributed by atoms with Crippen LogP contribution in [0.3, 0.4) is 0 Å². The Bertz CT molecular complexity index is 1690. The number of hydrogen-bond donors (Lipinski definition) is 1. The lowest BCUT2D eigenvalue weighted by molar-refractivity contribution is 0.0133. The van der Waals surface area contributed by atoms with E-state index in [0.717, 1.165) is 55.1 Å². The van der Waals surface area contributed by atoms with E-state index in [1.54, 1.807) is 13.2 Å². The van der Waals surface area contributed by atoms with Gasteiger partial charge in [-0.25, -0.2) is 9.19 Å². The van der Waals surface area contributed by atoms with E-state index in [-0.39, 0.29) is 17.8 Å². The number of benzene rings is 2. The Hall–Kier alpha value is -3.47. The molecule has 1 aromatic heterocycles. The molecule has 5 atom stereocenters. The van der Waals surface area contributed by atoms with Gasteiger partial charge in [0.2, 0.25) is 0 Å². The summed E-state index contributed by atoms with van der Waals surface area (Å²) in [5.74, 6) is 1.35. The quantitative estimate of drug-likeness (QED) is 0.297. The molecule has 0 radical (unpaired) electrons. The van der Waals surface area contributed by atoms with E-state index in [9.17, 15) is 9.00 Å². The largest absolute Gasteiger partial charge is 0.491 e. The summed E-state index contributed by atoms with van der Waals surface area (Å²) in [5.41, 5.74) is 3.62. The van der Waals surface area contributed by atoms with Crippen molar-refractivity contribution in [1.29, 1.82) is 0 Å². The third-order valence-corrected chi connectivity index (χ3v) is 11.5. The zero-order chi connectivity index (χ0) is 32.1. The zero-order valence-corrected chi connectivity index (χ0v) is 28.0. The topological polar surface area (TPSA) is 106 Å². The second kappa shape index (κ2) is 14.5. The van der Waals surface area contributed by atoms with Crippen molar-refractivity contribution in [2.45, 2.75) is 58.1 Å². The third-order valence-electron chi connectivity index (χ3n) is 9.23. The minimum Gasteiger partial charge on any atom is -0.491 e. The molecule has 1 fully saturated rings. The summed E-state index contributed by atoms with van der Waals surface area (Å²) in [6, 6.07) is 11.6. The van der Waals surface area contributed by atoms with Crippen molar-refractivity contribution >= 4 is 38.9 Å². The number of methoxy groups -OCH3 is 1. The summed E-state index contributed by atoms with van der Waals surface area (Å²) >= 11 is 6.45. The number of allylic oxidation sites excluding steroid dienone is 1. The number of amides is 1. The first-order valence-electron chi connectivity index (χ1n) is 16.1. The Kier molecular flexibility index (Phi) is 10.3. The van der Waals surface area contributed by atoms with Crippen molar-refractivity contribution in [3.63, 3.8) is 0 Å². The van der Waals surface area contributed by atoms with Crippen LogP contribution < -0.4 is 14.4 Å². The molecule has 2 aliphatic heterocycles. The van der Waals surface area contributed by atoms with E-state index in [1.165, 1.54) is 29.7 Å². The fourth-order valence-corrected chi connectivity index (χ4v) is 8.80. The van der Waals surface area contributed by atoms with E-state index in [4.69, 9.17) is 21.1 Å². The highest BCUT2D eigenvalue weighted by Gasteiger charge is 2.38. The Morgan fingerprint density at radius 2 is 2.00 bits per heavy atom. The molecule has 3 aromatic rings. The van der Waals surface area contributed by atoms with Gasteiger partial charge in [-0.1, -0.05) is 36.7 Å². The summed E-state index contributed by atoms with van der Waals surface area (Å²) < 4.78 is 34.0. The molecule has 0 saturated heterocycles. The molecule has 6 rings (SSSR count). The molecule has 11 heteroatoms. The number of rotatable bonds is 3. The summed E-state index contributed by atoms with van der Waals surface area (Å²) in [7, 11) is -1.48. The molecular weight excluding hydrogens is 622 g/mol. The van der Waals surface area contributed by atoms with Gasteiger partial charge in [0.15, 0.2) is 5.82 Å². The van der Waals surface area contributed by atoms with Gasteiger partial charge in [0.1, 0.15) is 15.7 Å². The van der Waals surface area contributed by atoms with Crippen molar-refractivity contribution in [3.8, 4) is 5.75 Å². The summed E-state index contributed by atoms with van der Waals surface area (Å²) in [6.45, 7) is 3.98. The first-order valence-corrected chi connectivity index (χ1v) is 18.2. The van der Waals surface area contributed by atoms with Gasteiger partial charge >= 0.3 is 0 Å². The van der Waals surface area contributed by atoms with E-state index < -0.39 is 15.8 Å². The number of halogens is 1. The van der Waals surface area contributed by atoms with Crippen LogP contribution >= 0.6 is 11.6 Å². The Morgan fingerprint density at radius 3 is 2.78 bits per heavy atom. The van der Waals surface area contributed by atoms with E-state index >= 15 is 0 Å². The molecule has 244 valence electrons. The van der Waals surface area contributed by atoms with Crippen LogP contribution in [-0.4, -0.2) is 52.2 Å². The molecular formula is C35H42ClN5O4S. The Labute approximate surface area is 277 Å². The van der Waals surface area contributed by atoms with Gasteiger partial charge < -0.3 is 14.4 Å². The molecule has 46 heavy (non-hydrogen) atoms. The maximum atomic E-state index is 14.4. The summed E-state index contributed by atoms with van der Waals surface area (Å²) in [6.07, 6.45) is 14.4. The number of carbonyl (C=O) groups is 1. The molecule has 3 heterocycles. The van der Waals surface area contributed by atoms with Crippen molar-refractivity contribution in [1.82, 2.24) is 9.97 Å². The van der Waals surface area contributed by atoms with Crippen LogP contribution in [0.25, 0.3) is 0 Å². The van der Waals surface area contributed by atoms with E-state index in [2.05, 4.69) is 48.2 Å². The average molecular weight is 664 g/mol. The van der Waals surface area contributed by atoms with Gasteiger partial charge in [-0.15, -0.1) is 4.36 Å². The van der Waals surface area contributed by atoms with Crippen molar-refractivity contribution < 1.29 is 18.5 Å². The average Bonchev–Trinajstić information content (AvgIpc) is 3.05. The fourth-order valence-electron chi connectivity index (χ4n) is 6.69. The van der Waals surface area contributed by atoms with E-state index in [1.807, 2.05) is 25.1 Å². The van der Waals surface area contributed by atoms with Crippen LogP contribution in [0.4, 0.5) is 11.5 Å². The zero-order valence-electron chi connectivity index (χ0n) is 26.4. The van der Waals surface area contributed by atoms with Crippen molar-refractivity contribution in [2.75, 3.05) is 35.6 Å². The predicted octanol–water partition coefficient (Wildman–Crippen LogP) is 7.12. The second-order valence-electron chi connectivity index (χ2n) is 12.6. The monoisotopic (exact) mass is 663 g/mol. The van der Waals surface area contributed by atoms with Crippen LogP contribution in [0.5, 0.6) is 5.75 Å². The maximum Gasteiger partial charge on any atom is 0.286 e. The number of aryl methyl sites for hydroxylation is 1. The highest BCUT2D eigenvalue weighted by molar-refractivity contribution is 7.95. The summed E-state index contributed by atoms with van der Waals surface area (Å²) in [5, 5.41) is 0.731. The lowest BCUT2D eigenvalue weighted by atomic mass is 9.70. The molecule has 3 aliphatic rings. The number of fused-ring (bicyclic) bond motifs is 3. The molecule has 1 saturated carbocycles. The van der Waals surface area contributed by atoms with Gasteiger partial charge in [0.25, 0.3) is 5.91 Å². The number of carbonyl (C=O) groups excluding carboxylic acids is 1. The van der Waals surface area contributed by atoms with Crippen molar-refractivity contribution in [2.24, 2.45) is 22.1 Å². The smallest absolute Gasteiger partial charge is 0.286 e. The number of hydrogen-bond acceptors (Lipinski definition) is 7. The highest BCUT2D eigenvalue weighted by atomic mass is 35.5. The van der Waals surface area contributed by atoms with E-state index in [0.29, 0.717) is 42.8 Å². The van der Waals surface area contributed by atoms with Gasteiger partial charge in [0.05, 0.1) is 30.3 Å². The minimum absolute atomic E-state index is 0.0238. The predicted molar refractivity (Wildman–Crippen MR) is 183 cm³/mol. The molecule has 9 nitrogen and oxygen atoms in total. The lowest BCUT2D eigenvalue weighted by Gasteiger charge is -2.43.